The molecular formula is C13H15FOS. The van der Waals surface area contributed by atoms with E-state index in [1.165, 1.54) is 25.0 Å². The highest BCUT2D eigenvalue weighted by Crippen LogP contribution is 2.30. The Bertz CT molecular complexity index is 386. The minimum Gasteiger partial charge on any atom is -0.493 e. The first kappa shape index (κ1) is 11.5. The standard InChI is InChI=1S/C13H15FOS/c14-12-5-6-13(15-9-10-3-4-10)11(8-12)2-1-7-16/h1-2,5-6,8,10,16H,3-4,7,9H2. The maximum Gasteiger partial charge on any atom is 0.126 e. The van der Waals surface area contributed by atoms with Gasteiger partial charge in [-0.3, -0.25) is 0 Å². The Hall–Kier alpha value is -0.960. The summed E-state index contributed by atoms with van der Waals surface area (Å²) in [6, 6.07) is 4.61. The van der Waals surface area contributed by atoms with Gasteiger partial charge in [-0.25, -0.2) is 4.39 Å². The minimum absolute atomic E-state index is 0.238. The maximum atomic E-state index is 13.1. The molecule has 3 heteroatoms. The molecule has 0 atom stereocenters. The maximum absolute atomic E-state index is 13.1. The van der Waals surface area contributed by atoms with Gasteiger partial charge in [0.2, 0.25) is 0 Å². The van der Waals surface area contributed by atoms with E-state index in [0.717, 1.165) is 17.9 Å². The highest BCUT2D eigenvalue weighted by molar-refractivity contribution is 7.80. The lowest BCUT2D eigenvalue weighted by Gasteiger charge is -2.08. The van der Waals surface area contributed by atoms with Gasteiger partial charge in [0.15, 0.2) is 0 Å². The average Bonchev–Trinajstić information content (AvgIpc) is 3.09. The first-order chi connectivity index (χ1) is 7.79. The van der Waals surface area contributed by atoms with Crippen molar-refractivity contribution in [3.05, 3.63) is 35.7 Å². The summed E-state index contributed by atoms with van der Waals surface area (Å²) in [7, 11) is 0. The zero-order chi connectivity index (χ0) is 11.4. The molecule has 86 valence electrons. The van der Waals surface area contributed by atoms with Crippen LogP contribution in [0.4, 0.5) is 4.39 Å². The topological polar surface area (TPSA) is 9.23 Å². The monoisotopic (exact) mass is 238 g/mol. The summed E-state index contributed by atoms with van der Waals surface area (Å²) >= 11 is 4.08. The van der Waals surface area contributed by atoms with Gasteiger partial charge in [-0.15, -0.1) is 0 Å². The summed E-state index contributed by atoms with van der Waals surface area (Å²) in [6.07, 6.45) is 6.23. The second-order valence-electron chi connectivity index (χ2n) is 4.02. The summed E-state index contributed by atoms with van der Waals surface area (Å²) in [5, 5.41) is 0. The Balaban J connectivity index is 2.09. The molecule has 0 aromatic heterocycles. The lowest BCUT2D eigenvalue weighted by Crippen LogP contribution is -2.00. The Morgan fingerprint density at radius 1 is 1.44 bits per heavy atom. The van der Waals surface area contributed by atoms with Crippen molar-refractivity contribution in [1.82, 2.24) is 0 Å². The van der Waals surface area contributed by atoms with E-state index in [1.54, 1.807) is 6.07 Å². The number of thiol groups is 1. The van der Waals surface area contributed by atoms with E-state index in [9.17, 15) is 4.39 Å². The van der Waals surface area contributed by atoms with Crippen molar-refractivity contribution in [1.29, 1.82) is 0 Å². The molecule has 1 fully saturated rings. The van der Waals surface area contributed by atoms with Gasteiger partial charge in [0.1, 0.15) is 11.6 Å². The van der Waals surface area contributed by atoms with Crippen LogP contribution < -0.4 is 4.74 Å². The molecule has 0 unspecified atom stereocenters. The smallest absolute Gasteiger partial charge is 0.126 e. The third kappa shape index (κ3) is 3.27. The van der Waals surface area contributed by atoms with Crippen LogP contribution in [0.15, 0.2) is 24.3 Å². The Morgan fingerprint density at radius 2 is 2.25 bits per heavy atom. The third-order valence-electron chi connectivity index (χ3n) is 2.55. The van der Waals surface area contributed by atoms with Gasteiger partial charge in [0, 0.05) is 11.3 Å². The van der Waals surface area contributed by atoms with Gasteiger partial charge in [0.25, 0.3) is 0 Å². The Morgan fingerprint density at radius 3 is 2.94 bits per heavy atom. The second-order valence-corrected chi connectivity index (χ2v) is 4.39. The van der Waals surface area contributed by atoms with Crippen LogP contribution >= 0.6 is 12.6 Å². The van der Waals surface area contributed by atoms with Crippen LogP contribution in [-0.4, -0.2) is 12.4 Å². The lowest BCUT2D eigenvalue weighted by atomic mass is 10.2. The van der Waals surface area contributed by atoms with Crippen LogP contribution in [0.3, 0.4) is 0 Å². The second kappa shape index (κ2) is 5.39. The molecule has 0 saturated heterocycles. The number of hydrogen-bond donors (Lipinski definition) is 1. The van der Waals surface area contributed by atoms with Crippen molar-refractivity contribution in [3.8, 4) is 5.75 Å². The zero-order valence-corrected chi connectivity index (χ0v) is 9.92. The zero-order valence-electron chi connectivity index (χ0n) is 9.03. The summed E-state index contributed by atoms with van der Waals surface area (Å²) in [6.45, 7) is 0.743. The van der Waals surface area contributed by atoms with Gasteiger partial charge in [0.05, 0.1) is 6.61 Å². The van der Waals surface area contributed by atoms with Crippen LogP contribution in [0, 0.1) is 11.7 Å². The largest absolute Gasteiger partial charge is 0.493 e. The van der Waals surface area contributed by atoms with E-state index in [2.05, 4.69) is 12.6 Å². The van der Waals surface area contributed by atoms with Crippen molar-refractivity contribution >= 4 is 18.7 Å². The van der Waals surface area contributed by atoms with Crippen molar-refractivity contribution in [3.63, 3.8) is 0 Å². The van der Waals surface area contributed by atoms with Gasteiger partial charge >= 0.3 is 0 Å². The summed E-state index contributed by atoms with van der Waals surface area (Å²) < 4.78 is 18.7. The predicted molar refractivity (Wildman–Crippen MR) is 67.5 cm³/mol. The SMILES string of the molecule is Fc1ccc(OCC2CC2)c(C=CCS)c1. The molecule has 0 bridgehead atoms. The number of hydrogen-bond acceptors (Lipinski definition) is 2. The molecule has 0 spiro atoms. The van der Waals surface area contributed by atoms with E-state index in [4.69, 9.17) is 4.74 Å². The highest BCUT2D eigenvalue weighted by atomic mass is 32.1. The van der Waals surface area contributed by atoms with Crippen LogP contribution in [0.2, 0.25) is 0 Å². The molecule has 0 heterocycles. The molecule has 2 rings (SSSR count). The lowest BCUT2D eigenvalue weighted by molar-refractivity contribution is 0.298. The first-order valence-electron chi connectivity index (χ1n) is 5.49. The van der Waals surface area contributed by atoms with Crippen LogP contribution in [0.25, 0.3) is 6.08 Å². The molecule has 0 radical (unpaired) electrons. The number of ether oxygens (including phenoxy) is 1. The van der Waals surface area contributed by atoms with E-state index < -0.39 is 0 Å². The van der Waals surface area contributed by atoms with Crippen molar-refractivity contribution in [2.24, 2.45) is 5.92 Å². The fourth-order valence-electron chi connectivity index (χ4n) is 1.45. The molecule has 1 nitrogen and oxygen atoms in total. The number of halogens is 1. The molecule has 1 aromatic carbocycles. The van der Waals surface area contributed by atoms with E-state index in [1.807, 2.05) is 12.2 Å². The van der Waals surface area contributed by atoms with Gasteiger partial charge in [-0.2, -0.15) is 12.6 Å². The molecule has 1 aliphatic carbocycles. The summed E-state index contributed by atoms with van der Waals surface area (Å²) in [4.78, 5) is 0. The van der Waals surface area contributed by atoms with E-state index >= 15 is 0 Å². The fraction of sp³-hybridized carbons (Fsp3) is 0.385. The fourth-order valence-corrected chi connectivity index (χ4v) is 1.56. The summed E-state index contributed by atoms with van der Waals surface area (Å²) in [5.41, 5.74) is 0.787. The first-order valence-corrected chi connectivity index (χ1v) is 6.12. The molecule has 1 saturated carbocycles. The van der Waals surface area contributed by atoms with E-state index in [0.29, 0.717) is 11.7 Å². The molecule has 1 aliphatic rings. The average molecular weight is 238 g/mol. The van der Waals surface area contributed by atoms with Crippen molar-refractivity contribution < 1.29 is 9.13 Å². The Labute approximate surface area is 101 Å². The normalized spacial score (nSPS) is 15.6. The highest BCUT2D eigenvalue weighted by Gasteiger charge is 2.22. The number of rotatable bonds is 5. The Kier molecular flexibility index (Phi) is 3.88. The molecule has 0 amide bonds. The van der Waals surface area contributed by atoms with Gasteiger partial charge in [-0.05, 0) is 37.0 Å². The van der Waals surface area contributed by atoms with Crippen molar-refractivity contribution in [2.75, 3.05) is 12.4 Å². The number of benzene rings is 1. The molecule has 0 N–H and O–H groups in total. The predicted octanol–water partition coefficient (Wildman–Crippen LogP) is 3.56. The quantitative estimate of drug-likeness (QED) is 0.772. The molecule has 0 aliphatic heterocycles. The molecule has 1 aromatic rings. The van der Waals surface area contributed by atoms with E-state index in [-0.39, 0.29) is 5.82 Å². The minimum atomic E-state index is -0.238. The van der Waals surface area contributed by atoms with Crippen LogP contribution in [0.5, 0.6) is 5.75 Å². The molecular weight excluding hydrogens is 223 g/mol. The van der Waals surface area contributed by atoms with Crippen molar-refractivity contribution in [2.45, 2.75) is 12.8 Å². The van der Waals surface area contributed by atoms with Crippen LogP contribution in [0.1, 0.15) is 18.4 Å². The molecule has 16 heavy (non-hydrogen) atoms. The van der Waals surface area contributed by atoms with Crippen LogP contribution in [-0.2, 0) is 0 Å². The summed E-state index contributed by atoms with van der Waals surface area (Å²) in [5.74, 6) is 1.86. The third-order valence-corrected chi connectivity index (χ3v) is 2.76. The van der Waals surface area contributed by atoms with Gasteiger partial charge < -0.3 is 4.74 Å². The van der Waals surface area contributed by atoms with Gasteiger partial charge in [-0.1, -0.05) is 12.2 Å².